The first-order valence-corrected chi connectivity index (χ1v) is 9.93. The minimum Gasteiger partial charge on any atom is -0.389 e. The summed E-state index contributed by atoms with van der Waals surface area (Å²) in [5.74, 6) is -1.74. The molecule has 0 saturated carbocycles. The standard InChI is InChI=1S/C17H16ClF3N2O4S/c18-11-6-10(2-4-12(11)19)22-17(25)9-1-3-13(20)16(5-9)28(26,27)23-7-14(21)15(24)8-23/h1-6,14-15,17,22,24-25H,7-8H2. The van der Waals surface area contributed by atoms with Crippen LogP contribution in [0, 0.1) is 11.6 Å². The Kier molecular flexibility index (Phi) is 5.87. The van der Waals surface area contributed by atoms with Crippen molar-refractivity contribution in [2.45, 2.75) is 23.4 Å². The molecule has 3 N–H and O–H groups in total. The minimum absolute atomic E-state index is 0.00281. The molecule has 1 fully saturated rings. The molecule has 3 atom stereocenters. The van der Waals surface area contributed by atoms with Crippen molar-refractivity contribution in [3.05, 3.63) is 58.6 Å². The van der Waals surface area contributed by atoms with Gasteiger partial charge in [-0.25, -0.2) is 21.6 Å². The quantitative estimate of drug-likeness (QED) is 0.626. The molecule has 2 aromatic rings. The summed E-state index contributed by atoms with van der Waals surface area (Å²) in [7, 11) is -4.43. The molecule has 3 rings (SSSR count). The number of aliphatic hydroxyl groups is 2. The molecule has 1 aliphatic heterocycles. The van der Waals surface area contributed by atoms with Gasteiger partial charge in [-0.3, -0.25) is 0 Å². The SMILES string of the molecule is O=S(=O)(c1cc(C(O)Nc2ccc(F)c(Cl)c2)ccc1F)N1CC(O)C(F)C1. The second-order valence-electron chi connectivity index (χ2n) is 6.27. The largest absolute Gasteiger partial charge is 0.389 e. The lowest BCUT2D eigenvalue weighted by Gasteiger charge is -2.19. The van der Waals surface area contributed by atoms with Gasteiger partial charge in [0.25, 0.3) is 0 Å². The van der Waals surface area contributed by atoms with Crippen molar-refractivity contribution in [3.63, 3.8) is 0 Å². The van der Waals surface area contributed by atoms with Crippen molar-refractivity contribution in [2.24, 2.45) is 0 Å². The molecule has 6 nitrogen and oxygen atoms in total. The van der Waals surface area contributed by atoms with E-state index in [4.69, 9.17) is 11.6 Å². The van der Waals surface area contributed by atoms with Crippen LogP contribution >= 0.6 is 11.6 Å². The van der Waals surface area contributed by atoms with E-state index in [9.17, 15) is 31.8 Å². The van der Waals surface area contributed by atoms with Gasteiger partial charge in [-0.15, -0.1) is 0 Å². The molecular weight excluding hydrogens is 421 g/mol. The van der Waals surface area contributed by atoms with Crippen LogP contribution in [0.25, 0.3) is 0 Å². The number of nitrogens with one attached hydrogen (secondary N) is 1. The zero-order chi connectivity index (χ0) is 20.6. The Bertz CT molecular complexity index is 982. The molecule has 0 radical (unpaired) electrons. The first-order chi connectivity index (χ1) is 13.1. The Morgan fingerprint density at radius 2 is 1.82 bits per heavy atom. The number of β-amino-alcohol motifs (C(OH)–C–C–N with tert-alkyl or cyclic N) is 1. The molecule has 0 spiro atoms. The van der Waals surface area contributed by atoms with E-state index >= 15 is 0 Å². The van der Waals surface area contributed by atoms with Crippen LogP contribution in [-0.2, 0) is 10.0 Å². The third-order valence-electron chi connectivity index (χ3n) is 4.30. The van der Waals surface area contributed by atoms with Gasteiger partial charge in [-0.1, -0.05) is 17.7 Å². The first-order valence-electron chi connectivity index (χ1n) is 8.11. The Morgan fingerprint density at radius 1 is 1.14 bits per heavy atom. The second-order valence-corrected chi connectivity index (χ2v) is 8.58. The summed E-state index contributed by atoms with van der Waals surface area (Å²) < 4.78 is 66.7. The smallest absolute Gasteiger partial charge is 0.246 e. The van der Waals surface area contributed by atoms with E-state index in [0.29, 0.717) is 4.31 Å². The van der Waals surface area contributed by atoms with Gasteiger partial charge in [0.05, 0.1) is 5.02 Å². The lowest BCUT2D eigenvalue weighted by atomic mass is 10.2. The van der Waals surface area contributed by atoms with Crippen molar-refractivity contribution in [3.8, 4) is 0 Å². The van der Waals surface area contributed by atoms with Gasteiger partial charge in [0, 0.05) is 24.3 Å². The van der Waals surface area contributed by atoms with Gasteiger partial charge in [0.15, 0.2) is 6.23 Å². The highest BCUT2D eigenvalue weighted by atomic mass is 35.5. The van der Waals surface area contributed by atoms with Gasteiger partial charge in [-0.05, 0) is 30.3 Å². The van der Waals surface area contributed by atoms with E-state index in [1.165, 1.54) is 12.1 Å². The third-order valence-corrected chi connectivity index (χ3v) is 6.43. The average Bonchev–Trinajstić information content (AvgIpc) is 2.98. The molecular formula is C17H16ClF3N2O4S. The Labute approximate surface area is 164 Å². The number of alkyl halides is 1. The number of sulfonamides is 1. The normalized spacial score (nSPS) is 21.6. The third kappa shape index (κ3) is 4.11. The van der Waals surface area contributed by atoms with Crippen molar-refractivity contribution in [1.82, 2.24) is 4.31 Å². The summed E-state index contributed by atoms with van der Waals surface area (Å²) in [6.07, 6.45) is -4.72. The number of anilines is 1. The predicted octanol–water partition coefficient (Wildman–Crippen LogP) is 2.42. The van der Waals surface area contributed by atoms with Crippen molar-refractivity contribution in [2.75, 3.05) is 18.4 Å². The Hall–Kier alpha value is -1.85. The fourth-order valence-corrected chi connectivity index (χ4v) is 4.51. The van der Waals surface area contributed by atoms with Crippen molar-refractivity contribution < 1.29 is 31.8 Å². The topological polar surface area (TPSA) is 89.9 Å². The molecule has 1 heterocycles. The van der Waals surface area contributed by atoms with Crippen molar-refractivity contribution >= 4 is 27.3 Å². The van der Waals surface area contributed by atoms with Crippen LogP contribution in [0.4, 0.5) is 18.9 Å². The number of hydrogen-bond donors (Lipinski definition) is 3. The van der Waals surface area contributed by atoms with Gasteiger partial charge in [-0.2, -0.15) is 4.31 Å². The Balaban J connectivity index is 1.87. The highest BCUT2D eigenvalue weighted by molar-refractivity contribution is 7.89. The molecule has 0 aliphatic carbocycles. The van der Waals surface area contributed by atoms with Gasteiger partial charge in [0.1, 0.15) is 28.8 Å². The molecule has 2 aromatic carbocycles. The number of nitrogens with zero attached hydrogens (tertiary/aromatic N) is 1. The van der Waals surface area contributed by atoms with E-state index in [-0.39, 0.29) is 16.3 Å². The molecule has 0 amide bonds. The number of hydrogen-bond acceptors (Lipinski definition) is 5. The number of aliphatic hydroxyl groups excluding tert-OH is 2. The van der Waals surface area contributed by atoms with Gasteiger partial charge < -0.3 is 15.5 Å². The monoisotopic (exact) mass is 436 g/mol. The van der Waals surface area contributed by atoms with E-state index in [2.05, 4.69) is 5.32 Å². The molecule has 152 valence electrons. The van der Waals surface area contributed by atoms with Crippen LogP contribution < -0.4 is 5.32 Å². The summed E-state index contributed by atoms with van der Waals surface area (Å²) in [5, 5.41) is 22.1. The lowest BCUT2D eigenvalue weighted by Crippen LogP contribution is -2.30. The summed E-state index contributed by atoms with van der Waals surface area (Å²) in [5.41, 5.74) is 0.243. The number of benzene rings is 2. The van der Waals surface area contributed by atoms with E-state index in [1.807, 2.05) is 0 Å². The maximum absolute atomic E-state index is 14.2. The summed E-state index contributed by atoms with van der Waals surface area (Å²) >= 11 is 5.66. The summed E-state index contributed by atoms with van der Waals surface area (Å²) in [6, 6.07) is 6.51. The van der Waals surface area contributed by atoms with Crippen LogP contribution in [0.2, 0.25) is 5.02 Å². The highest BCUT2D eigenvalue weighted by Crippen LogP contribution is 2.28. The number of rotatable bonds is 5. The Morgan fingerprint density at radius 3 is 2.43 bits per heavy atom. The average molecular weight is 437 g/mol. The first kappa shape index (κ1) is 20.9. The van der Waals surface area contributed by atoms with Crippen LogP contribution in [0.3, 0.4) is 0 Å². The number of halogens is 4. The van der Waals surface area contributed by atoms with Crippen LogP contribution in [0.15, 0.2) is 41.3 Å². The van der Waals surface area contributed by atoms with E-state index in [0.717, 1.165) is 24.3 Å². The fourth-order valence-electron chi connectivity index (χ4n) is 2.76. The zero-order valence-corrected chi connectivity index (χ0v) is 15.8. The van der Waals surface area contributed by atoms with Crippen molar-refractivity contribution in [1.29, 1.82) is 0 Å². The summed E-state index contributed by atoms with van der Waals surface area (Å²) in [4.78, 5) is -0.760. The van der Waals surface area contributed by atoms with Crippen LogP contribution in [0.1, 0.15) is 11.8 Å². The minimum atomic E-state index is -4.43. The fraction of sp³-hybridized carbons (Fsp3) is 0.294. The summed E-state index contributed by atoms with van der Waals surface area (Å²) in [6.45, 7) is -1.09. The zero-order valence-electron chi connectivity index (χ0n) is 14.2. The molecule has 0 aromatic heterocycles. The molecule has 11 heteroatoms. The molecule has 1 aliphatic rings. The second kappa shape index (κ2) is 7.88. The van der Waals surface area contributed by atoms with Gasteiger partial charge >= 0.3 is 0 Å². The molecule has 3 unspecified atom stereocenters. The predicted molar refractivity (Wildman–Crippen MR) is 96.1 cm³/mol. The molecule has 1 saturated heterocycles. The van der Waals surface area contributed by atoms with Crippen LogP contribution in [0.5, 0.6) is 0 Å². The van der Waals surface area contributed by atoms with Crippen LogP contribution in [-0.4, -0.2) is 48.3 Å². The maximum Gasteiger partial charge on any atom is 0.246 e. The lowest BCUT2D eigenvalue weighted by molar-refractivity contribution is 0.117. The van der Waals surface area contributed by atoms with Gasteiger partial charge in [0.2, 0.25) is 10.0 Å². The van der Waals surface area contributed by atoms with E-state index in [1.54, 1.807) is 0 Å². The molecule has 0 bridgehead atoms. The highest BCUT2D eigenvalue weighted by Gasteiger charge is 2.39. The maximum atomic E-state index is 14.2. The molecule has 28 heavy (non-hydrogen) atoms. The van der Waals surface area contributed by atoms with E-state index < -0.39 is 58.1 Å².